The van der Waals surface area contributed by atoms with Crippen molar-refractivity contribution in [1.29, 1.82) is 0 Å². The van der Waals surface area contributed by atoms with Crippen molar-refractivity contribution in [2.24, 2.45) is 0 Å². The molecule has 0 fully saturated rings. The second-order valence-electron chi connectivity index (χ2n) is 6.02. The third kappa shape index (κ3) is 4.00. The van der Waals surface area contributed by atoms with Crippen molar-refractivity contribution in [3.05, 3.63) is 59.4 Å². The molecule has 1 aromatic heterocycles. The van der Waals surface area contributed by atoms with Crippen LogP contribution in [-0.4, -0.2) is 42.6 Å². The number of fused-ring (bicyclic) bond motifs is 1. The molecule has 0 spiro atoms. The van der Waals surface area contributed by atoms with Gasteiger partial charge in [-0.15, -0.1) is 0 Å². The molecule has 1 heterocycles. The second kappa shape index (κ2) is 7.68. The molecular formula is C19H21ClN4O. The lowest BCUT2D eigenvalue weighted by Crippen LogP contribution is -2.27. The molecule has 0 bridgehead atoms. The smallest absolute Gasteiger partial charge is 0.137 e. The minimum absolute atomic E-state index is 0.197. The van der Waals surface area contributed by atoms with Crippen LogP contribution in [0.3, 0.4) is 0 Å². The van der Waals surface area contributed by atoms with Gasteiger partial charge in [0.2, 0.25) is 0 Å². The number of methoxy groups -OCH3 is 1. The number of rotatable bonds is 6. The lowest BCUT2D eigenvalue weighted by atomic mass is 10.1. The van der Waals surface area contributed by atoms with Crippen LogP contribution in [0.25, 0.3) is 10.9 Å². The number of likely N-dealkylation sites (N-methyl/N-ethyl adjacent to an activating group) is 1. The van der Waals surface area contributed by atoms with E-state index in [1.165, 1.54) is 5.56 Å². The molecule has 3 rings (SSSR count). The van der Waals surface area contributed by atoms with Gasteiger partial charge < -0.3 is 15.0 Å². The van der Waals surface area contributed by atoms with Crippen molar-refractivity contribution < 1.29 is 4.74 Å². The number of nitrogens with one attached hydrogen (secondary N) is 1. The highest BCUT2D eigenvalue weighted by atomic mass is 35.5. The van der Waals surface area contributed by atoms with E-state index in [0.29, 0.717) is 11.6 Å². The first kappa shape index (κ1) is 17.5. The summed E-state index contributed by atoms with van der Waals surface area (Å²) in [5.74, 6) is 1.66. The van der Waals surface area contributed by atoms with Crippen LogP contribution in [0.4, 0.5) is 5.82 Å². The fourth-order valence-electron chi connectivity index (χ4n) is 2.79. The average molecular weight is 357 g/mol. The maximum absolute atomic E-state index is 6.05. The van der Waals surface area contributed by atoms with E-state index in [0.717, 1.165) is 22.5 Å². The molecule has 6 heteroatoms. The predicted octanol–water partition coefficient (Wildman–Crippen LogP) is 4.01. The first-order valence-corrected chi connectivity index (χ1v) is 8.41. The van der Waals surface area contributed by atoms with Crippen molar-refractivity contribution in [2.45, 2.75) is 6.04 Å². The SMILES string of the molecule is COc1ccc([C@H](CNc2ncnc3cc(Cl)ccc23)N(C)C)cc1. The van der Waals surface area contributed by atoms with Crippen LogP contribution in [0.1, 0.15) is 11.6 Å². The Bertz CT molecular complexity index is 852. The lowest BCUT2D eigenvalue weighted by Gasteiger charge is -2.25. The van der Waals surface area contributed by atoms with Crippen molar-refractivity contribution in [3.63, 3.8) is 0 Å². The van der Waals surface area contributed by atoms with Gasteiger partial charge in [-0.1, -0.05) is 23.7 Å². The number of ether oxygens (including phenoxy) is 1. The highest BCUT2D eigenvalue weighted by molar-refractivity contribution is 6.31. The molecule has 0 unspecified atom stereocenters. The number of nitrogens with zero attached hydrogens (tertiary/aromatic N) is 3. The number of benzene rings is 2. The van der Waals surface area contributed by atoms with E-state index in [2.05, 4.69) is 46.4 Å². The summed E-state index contributed by atoms with van der Waals surface area (Å²) < 4.78 is 5.24. The monoisotopic (exact) mass is 356 g/mol. The van der Waals surface area contributed by atoms with E-state index in [4.69, 9.17) is 16.3 Å². The zero-order valence-corrected chi connectivity index (χ0v) is 15.3. The number of aromatic nitrogens is 2. The first-order chi connectivity index (χ1) is 12.1. The summed E-state index contributed by atoms with van der Waals surface area (Å²) in [5, 5.41) is 5.07. The topological polar surface area (TPSA) is 50.3 Å². The van der Waals surface area contributed by atoms with Crippen molar-refractivity contribution >= 4 is 28.3 Å². The molecule has 130 valence electrons. The molecule has 0 saturated carbocycles. The van der Waals surface area contributed by atoms with Gasteiger partial charge >= 0.3 is 0 Å². The van der Waals surface area contributed by atoms with Gasteiger partial charge in [-0.05, 0) is 50.0 Å². The Morgan fingerprint density at radius 3 is 2.56 bits per heavy atom. The van der Waals surface area contributed by atoms with Crippen molar-refractivity contribution in [3.8, 4) is 5.75 Å². The van der Waals surface area contributed by atoms with E-state index in [9.17, 15) is 0 Å². The Morgan fingerprint density at radius 2 is 1.88 bits per heavy atom. The van der Waals surface area contributed by atoms with E-state index in [1.807, 2.05) is 30.3 Å². The first-order valence-electron chi connectivity index (χ1n) is 8.03. The molecular weight excluding hydrogens is 336 g/mol. The van der Waals surface area contributed by atoms with Gasteiger partial charge in [0.15, 0.2) is 0 Å². The number of anilines is 1. The third-order valence-corrected chi connectivity index (χ3v) is 4.42. The number of halogens is 1. The van der Waals surface area contributed by atoms with Gasteiger partial charge in [0.05, 0.1) is 18.7 Å². The Balaban J connectivity index is 1.82. The number of hydrogen-bond acceptors (Lipinski definition) is 5. The van der Waals surface area contributed by atoms with Gasteiger partial charge in [0.25, 0.3) is 0 Å². The highest BCUT2D eigenvalue weighted by Crippen LogP contribution is 2.25. The molecule has 0 aliphatic rings. The zero-order chi connectivity index (χ0) is 17.8. The molecule has 0 aliphatic carbocycles. The molecule has 0 amide bonds. The van der Waals surface area contributed by atoms with Crippen LogP contribution >= 0.6 is 11.6 Å². The summed E-state index contributed by atoms with van der Waals surface area (Å²) in [7, 11) is 5.80. The highest BCUT2D eigenvalue weighted by Gasteiger charge is 2.15. The van der Waals surface area contributed by atoms with Crippen LogP contribution in [0.15, 0.2) is 48.8 Å². The molecule has 1 N–H and O–H groups in total. The van der Waals surface area contributed by atoms with Crippen molar-refractivity contribution in [2.75, 3.05) is 33.1 Å². The van der Waals surface area contributed by atoms with Gasteiger partial charge in [0, 0.05) is 17.0 Å². The fourth-order valence-corrected chi connectivity index (χ4v) is 2.96. The van der Waals surface area contributed by atoms with Crippen molar-refractivity contribution in [1.82, 2.24) is 14.9 Å². The maximum Gasteiger partial charge on any atom is 0.137 e. The predicted molar refractivity (Wildman–Crippen MR) is 102 cm³/mol. The summed E-state index contributed by atoms with van der Waals surface area (Å²) in [6.07, 6.45) is 1.55. The Labute approximate surface area is 152 Å². The molecule has 1 atom stereocenters. The van der Waals surface area contributed by atoms with Crippen LogP contribution < -0.4 is 10.1 Å². The number of hydrogen-bond donors (Lipinski definition) is 1. The molecule has 2 aromatic carbocycles. The van der Waals surface area contributed by atoms with E-state index in [1.54, 1.807) is 13.4 Å². The summed E-state index contributed by atoms with van der Waals surface area (Å²) in [6, 6.07) is 14.0. The third-order valence-electron chi connectivity index (χ3n) is 4.19. The van der Waals surface area contributed by atoms with Gasteiger partial charge in [-0.3, -0.25) is 0 Å². The minimum atomic E-state index is 0.197. The normalized spacial score (nSPS) is 12.4. The van der Waals surface area contributed by atoms with Crippen LogP contribution in [-0.2, 0) is 0 Å². The van der Waals surface area contributed by atoms with E-state index >= 15 is 0 Å². The lowest BCUT2D eigenvalue weighted by molar-refractivity contribution is 0.311. The molecule has 0 saturated heterocycles. The van der Waals surface area contributed by atoms with E-state index < -0.39 is 0 Å². The van der Waals surface area contributed by atoms with Gasteiger partial charge in [-0.25, -0.2) is 9.97 Å². The Hall–Kier alpha value is -2.37. The Morgan fingerprint density at radius 1 is 1.12 bits per heavy atom. The summed E-state index contributed by atoms with van der Waals surface area (Å²) in [5.41, 5.74) is 2.04. The van der Waals surface area contributed by atoms with Gasteiger partial charge in [-0.2, -0.15) is 0 Å². The molecule has 5 nitrogen and oxygen atoms in total. The van der Waals surface area contributed by atoms with Crippen LogP contribution in [0.5, 0.6) is 5.75 Å². The molecule has 3 aromatic rings. The van der Waals surface area contributed by atoms with Gasteiger partial charge in [0.1, 0.15) is 17.9 Å². The zero-order valence-electron chi connectivity index (χ0n) is 14.5. The molecule has 25 heavy (non-hydrogen) atoms. The Kier molecular flexibility index (Phi) is 5.36. The summed E-state index contributed by atoms with van der Waals surface area (Å²) in [4.78, 5) is 10.8. The quantitative estimate of drug-likeness (QED) is 0.723. The second-order valence-corrected chi connectivity index (χ2v) is 6.45. The van der Waals surface area contributed by atoms with E-state index in [-0.39, 0.29) is 6.04 Å². The standard InChI is InChI=1S/C19H21ClN4O/c1-24(2)18(13-4-7-15(25-3)8-5-13)11-21-19-16-9-6-14(20)10-17(16)22-12-23-19/h4-10,12,18H,11H2,1-3H3,(H,21,22,23)/t18-/m0/s1. The summed E-state index contributed by atoms with van der Waals surface area (Å²) in [6.45, 7) is 0.716. The van der Waals surface area contributed by atoms with Crippen LogP contribution in [0, 0.1) is 0 Å². The minimum Gasteiger partial charge on any atom is -0.497 e. The molecule has 0 aliphatic heterocycles. The largest absolute Gasteiger partial charge is 0.497 e. The fraction of sp³-hybridized carbons (Fsp3) is 0.263. The average Bonchev–Trinajstić information content (AvgIpc) is 2.62. The maximum atomic E-state index is 6.05. The van der Waals surface area contributed by atoms with Crippen LogP contribution in [0.2, 0.25) is 5.02 Å². The summed E-state index contributed by atoms with van der Waals surface area (Å²) >= 11 is 6.05. The molecule has 0 radical (unpaired) electrons.